The molecule has 2 heterocycles. The summed E-state index contributed by atoms with van der Waals surface area (Å²) in [5.41, 5.74) is 0.663. The van der Waals surface area contributed by atoms with Crippen LogP contribution < -0.4 is 4.87 Å². The van der Waals surface area contributed by atoms with Gasteiger partial charge in [-0.3, -0.25) is 19.7 Å². The fourth-order valence-electron chi connectivity index (χ4n) is 3.11. The number of thiazole rings is 1. The van der Waals surface area contributed by atoms with Gasteiger partial charge in [-0.1, -0.05) is 17.4 Å². The van der Waals surface area contributed by atoms with Crippen molar-refractivity contribution in [2.75, 3.05) is 26.2 Å². The molecule has 0 saturated carbocycles. The molecule has 1 N–H and O–H groups in total. The highest BCUT2D eigenvalue weighted by atomic mass is 32.2. The number of aromatic nitrogens is 1. The molecule has 1 aliphatic rings. The minimum absolute atomic E-state index is 0.0215. The molecule has 0 bridgehead atoms. The number of piperazine rings is 1. The topological polar surface area (TPSA) is 134 Å². The number of carbonyl (C=O) groups is 1. The van der Waals surface area contributed by atoms with E-state index in [1.165, 1.54) is 41.3 Å². The number of amides is 1. The van der Waals surface area contributed by atoms with Gasteiger partial charge in [-0.25, -0.2) is 8.42 Å². The van der Waals surface area contributed by atoms with Gasteiger partial charge in [0.15, 0.2) is 4.21 Å². The molecule has 2 aromatic rings. The van der Waals surface area contributed by atoms with Gasteiger partial charge in [0.2, 0.25) is 0 Å². The number of nitro groups is 1. The van der Waals surface area contributed by atoms with Crippen molar-refractivity contribution in [3.63, 3.8) is 0 Å². The number of aromatic amines is 1. The summed E-state index contributed by atoms with van der Waals surface area (Å²) in [5.74, 6) is -0.374. The Morgan fingerprint density at radius 3 is 2.39 bits per heavy atom. The van der Waals surface area contributed by atoms with E-state index in [9.17, 15) is 28.1 Å². The second-order valence-corrected chi connectivity index (χ2v) is 9.45. The summed E-state index contributed by atoms with van der Waals surface area (Å²) in [4.78, 5) is 38.2. The number of benzene rings is 1. The molecular formula is C16H18N4O6S2. The van der Waals surface area contributed by atoms with E-state index in [1.807, 2.05) is 0 Å². The number of carbonyl (C=O) groups excluding carboxylic acids is 1. The third-order valence-corrected chi connectivity index (χ3v) is 8.09. The first-order valence-corrected chi connectivity index (χ1v) is 10.6. The average molecular weight is 426 g/mol. The summed E-state index contributed by atoms with van der Waals surface area (Å²) in [6.45, 7) is 3.50. The van der Waals surface area contributed by atoms with Gasteiger partial charge < -0.3 is 9.88 Å². The number of hydrogen-bond acceptors (Lipinski definition) is 7. The molecule has 0 radical (unpaired) electrons. The molecule has 1 aliphatic heterocycles. The molecule has 1 fully saturated rings. The largest absolute Gasteiger partial charge is 0.336 e. The van der Waals surface area contributed by atoms with E-state index in [4.69, 9.17) is 0 Å². The Balaban J connectivity index is 1.76. The zero-order valence-corrected chi connectivity index (χ0v) is 16.8. The molecule has 3 rings (SSSR count). The van der Waals surface area contributed by atoms with E-state index in [2.05, 4.69) is 4.98 Å². The Bertz CT molecular complexity index is 1100. The van der Waals surface area contributed by atoms with Crippen molar-refractivity contribution in [3.05, 3.63) is 54.8 Å². The highest BCUT2D eigenvalue weighted by molar-refractivity contribution is 7.91. The monoisotopic (exact) mass is 426 g/mol. The lowest BCUT2D eigenvalue weighted by molar-refractivity contribution is -0.385. The Labute approximate surface area is 164 Å². The first-order chi connectivity index (χ1) is 13.1. The number of aryl methyl sites for hydroxylation is 1. The lowest BCUT2D eigenvalue weighted by Crippen LogP contribution is -2.50. The van der Waals surface area contributed by atoms with Crippen molar-refractivity contribution in [3.8, 4) is 0 Å². The second-order valence-electron chi connectivity index (χ2n) is 6.33. The molecule has 12 heteroatoms. The average Bonchev–Trinajstić information content (AvgIpc) is 3.00. The number of rotatable bonds is 4. The Hall–Kier alpha value is -2.57. The van der Waals surface area contributed by atoms with Gasteiger partial charge in [-0.05, 0) is 19.9 Å². The highest BCUT2D eigenvalue weighted by Gasteiger charge is 2.33. The van der Waals surface area contributed by atoms with Gasteiger partial charge in [-0.2, -0.15) is 4.31 Å². The molecule has 28 heavy (non-hydrogen) atoms. The molecule has 10 nitrogen and oxygen atoms in total. The van der Waals surface area contributed by atoms with Crippen LogP contribution in [0.3, 0.4) is 0 Å². The van der Waals surface area contributed by atoms with Crippen LogP contribution in [-0.4, -0.2) is 59.6 Å². The molecule has 1 saturated heterocycles. The summed E-state index contributed by atoms with van der Waals surface area (Å²) >= 11 is 0.640. The quantitative estimate of drug-likeness (QED) is 0.575. The number of nitro benzene ring substituents is 1. The fourth-order valence-corrected chi connectivity index (χ4v) is 5.97. The van der Waals surface area contributed by atoms with Crippen LogP contribution in [-0.2, 0) is 10.0 Å². The number of hydrogen-bond donors (Lipinski definition) is 1. The maximum atomic E-state index is 12.8. The van der Waals surface area contributed by atoms with Crippen LogP contribution in [0.5, 0.6) is 0 Å². The number of H-pyrrole nitrogens is 1. The Kier molecular flexibility index (Phi) is 5.37. The Morgan fingerprint density at radius 2 is 1.86 bits per heavy atom. The maximum Gasteiger partial charge on any atom is 0.305 e. The lowest BCUT2D eigenvalue weighted by Gasteiger charge is -2.34. The predicted octanol–water partition coefficient (Wildman–Crippen LogP) is 1.11. The molecule has 0 aliphatic carbocycles. The lowest BCUT2D eigenvalue weighted by atomic mass is 10.1. The van der Waals surface area contributed by atoms with E-state index in [0.29, 0.717) is 17.0 Å². The van der Waals surface area contributed by atoms with Crippen LogP contribution in [0, 0.1) is 24.0 Å². The van der Waals surface area contributed by atoms with E-state index in [1.54, 1.807) is 0 Å². The van der Waals surface area contributed by atoms with Crippen LogP contribution in [0.25, 0.3) is 0 Å². The van der Waals surface area contributed by atoms with Gasteiger partial charge in [0.1, 0.15) is 0 Å². The maximum absolute atomic E-state index is 12.8. The standard InChI is InChI=1S/C16H18N4O6S2/c1-10-12(4-3-5-13(10)20(23)24)14(21)18-6-8-19(9-7-18)28(25,26)15-11(2)17-16(22)27-15/h3-5H,6-9H2,1-2H3,(H,17,22). The summed E-state index contributed by atoms with van der Waals surface area (Å²) in [6, 6.07) is 4.31. The van der Waals surface area contributed by atoms with Crippen molar-refractivity contribution in [1.82, 2.24) is 14.2 Å². The predicted molar refractivity (Wildman–Crippen MR) is 102 cm³/mol. The zero-order valence-electron chi connectivity index (χ0n) is 15.2. The molecule has 150 valence electrons. The van der Waals surface area contributed by atoms with Crippen LogP contribution >= 0.6 is 11.3 Å². The molecule has 0 atom stereocenters. The summed E-state index contributed by atoms with van der Waals surface area (Å²) < 4.78 is 26.7. The van der Waals surface area contributed by atoms with E-state index < -0.39 is 19.8 Å². The molecule has 0 unspecified atom stereocenters. The summed E-state index contributed by atoms with van der Waals surface area (Å²) in [5, 5.41) is 11.1. The summed E-state index contributed by atoms with van der Waals surface area (Å²) in [6.07, 6.45) is 0. The fraction of sp³-hybridized carbons (Fsp3) is 0.375. The number of sulfonamides is 1. The SMILES string of the molecule is Cc1[nH]c(=O)sc1S(=O)(=O)N1CCN(C(=O)c2cccc([N+](=O)[O-])c2C)CC1. The molecular weight excluding hydrogens is 408 g/mol. The van der Waals surface area contributed by atoms with Gasteiger partial charge in [0, 0.05) is 49.1 Å². The van der Waals surface area contributed by atoms with E-state index in [-0.39, 0.29) is 53.1 Å². The van der Waals surface area contributed by atoms with Crippen LogP contribution in [0.1, 0.15) is 21.6 Å². The van der Waals surface area contributed by atoms with Crippen LogP contribution in [0.15, 0.2) is 27.2 Å². The second kappa shape index (κ2) is 7.45. The minimum Gasteiger partial charge on any atom is -0.336 e. The van der Waals surface area contributed by atoms with Crippen molar-refractivity contribution in [2.24, 2.45) is 0 Å². The first kappa shape index (κ1) is 20.2. The van der Waals surface area contributed by atoms with E-state index >= 15 is 0 Å². The van der Waals surface area contributed by atoms with E-state index in [0.717, 1.165) is 0 Å². The van der Waals surface area contributed by atoms with Crippen molar-refractivity contribution >= 4 is 33.0 Å². The molecule has 1 aromatic carbocycles. The normalized spacial score (nSPS) is 15.6. The van der Waals surface area contributed by atoms with Crippen molar-refractivity contribution < 1.29 is 18.1 Å². The van der Waals surface area contributed by atoms with Crippen molar-refractivity contribution in [1.29, 1.82) is 0 Å². The zero-order chi connectivity index (χ0) is 20.6. The molecule has 1 amide bonds. The van der Waals surface area contributed by atoms with Gasteiger partial charge in [0.25, 0.3) is 21.6 Å². The van der Waals surface area contributed by atoms with Crippen molar-refractivity contribution in [2.45, 2.75) is 18.1 Å². The number of nitrogens with one attached hydrogen (secondary N) is 1. The minimum atomic E-state index is -3.82. The molecule has 1 aromatic heterocycles. The highest BCUT2D eigenvalue weighted by Crippen LogP contribution is 2.25. The van der Waals surface area contributed by atoms with Gasteiger partial charge in [-0.15, -0.1) is 0 Å². The third-order valence-electron chi connectivity index (χ3n) is 4.61. The third kappa shape index (κ3) is 3.57. The molecule has 0 spiro atoms. The van der Waals surface area contributed by atoms with Crippen LogP contribution in [0.2, 0.25) is 0 Å². The Morgan fingerprint density at radius 1 is 1.21 bits per heavy atom. The number of nitrogens with zero attached hydrogens (tertiary/aromatic N) is 3. The summed E-state index contributed by atoms with van der Waals surface area (Å²) in [7, 11) is -3.82. The smallest absolute Gasteiger partial charge is 0.305 e. The first-order valence-electron chi connectivity index (χ1n) is 8.36. The van der Waals surface area contributed by atoms with Crippen LogP contribution in [0.4, 0.5) is 5.69 Å². The van der Waals surface area contributed by atoms with Gasteiger partial charge >= 0.3 is 4.87 Å². The van der Waals surface area contributed by atoms with Gasteiger partial charge in [0.05, 0.1) is 4.92 Å².